The summed E-state index contributed by atoms with van der Waals surface area (Å²) in [6, 6.07) is 0. The van der Waals surface area contributed by atoms with Crippen LogP contribution < -0.4 is 0 Å². The average molecular weight is 411 g/mol. The van der Waals surface area contributed by atoms with Gasteiger partial charge in [0.1, 0.15) is 11.4 Å². The van der Waals surface area contributed by atoms with Gasteiger partial charge in [0.2, 0.25) is 0 Å². The quantitative estimate of drug-likeness (QED) is 0.311. The number of Topliss-reactive ketones (excluding diaryl/α,β-unsaturated/α-hetero) is 1. The fourth-order valence-electron chi connectivity index (χ4n) is 9.50. The summed E-state index contributed by atoms with van der Waals surface area (Å²) in [5.74, 6) is 9.26. The van der Waals surface area contributed by atoms with Gasteiger partial charge in [-0.3, -0.25) is 4.79 Å². The third kappa shape index (κ3) is 1.80. The third-order valence-corrected chi connectivity index (χ3v) is 10.8. The van der Waals surface area contributed by atoms with Crippen LogP contribution in [0.3, 0.4) is 0 Å². The molecule has 0 aromatic carbocycles. The van der Waals surface area contributed by atoms with E-state index in [0.717, 1.165) is 32.1 Å². The monoisotopic (exact) mass is 410 g/mol. The maximum absolute atomic E-state index is 12.3. The number of epoxide rings is 1. The minimum absolute atomic E-state index is 0.161. The Hall–Kier alpha value is -1.38. The zero-order valence-electron chi connectivity index (χ0n) is 17.8. The molecule has 5 nitrogen and oxygen atoms in total. The van der Waals surface area contributed by atoms with Crippen molar-refractivity contribution in [1.29, 1.82) is 0 Å². The van der Waals surface area contributed by atoms with Crippen LogP contribution in [0.15, 0.2) is 0 Å². The van der Waals surface area contributed by atoms with Crippen molar-refractivity contribution in [2.75, 3.05) is 6.61 Å². The Kier molecular flexibility index (Phi) is 3.13. The lowest BCUT2D eigenvalue weighted by molar-refractivity contribution is -0.206. The normalized spacial score (nSPS) is 60.4. The molecule has 1 spiro atoms. The molecular weight excluding hydrogens is 380 g/mol. The summed E-state index contributed by atoms with van der Waals surface area (Å²) in [7, 11) is 0. The largest absolute Gasteiger partial charge is 0.456 e. The molecule has 5 heteroatoms. The van der Waals surface area contributed by atoms with Gasteiger partial charge in [-0.25, -0.2) is 4.79 Å². The maximum Gasteiger partial charge on any atom is 0.384 e. The summed E-state index contributed by atoms with van der Waals surface area (Å²) in [6.07, 6.45) is 6.04. The first-order chi connectivity index (χ1) is 14.3. The number of aliphatic hydroxyl groups is 1. The Morgan fingerprint density at radius 2 is 2.03 bits per heavy atom. The first-order valence-corrected chi connectivity index (χ1v) is 12.0. The SMILES string of the molecule is CCOC(=O)C#CC12OC13CCC1C(C4CC4C4(O)CC(=O)CCC14C)C3C1CC12. The van der Waals surface area contributed by atoms with Crippen LogP contribution in [0.4, 0.5) is 0 Å². The van der Waals surface area contributed by atoms with E-state index >= 15 is 0 Å². The van der Waals surface area contributed by atoms with E-state index in [9.17, 15) is 14.7 Å². The van der Waals surface area contributed by atoms with Gasteiger partial charge in [-0.05, 0) is 74.5 Å². The molecule has 7 aliphatic rings. The summed E-state index contributed by atoms with van der Waals surface area (Å²) in [5, 5.41) is 11.8. The molecule has 1 saturated heterocycles. The van der Waals surface area contributed by atoms with Crippen molar-refractivity contribution in [1.82, 2.24) is 0 Å². The highest BCUT2D eigenvalue weighted by molar-refractivity contribution is 5.89. The number of rotatable bonds is 1. The van der Waals surface area contributed by atoms with E-state index in [0.29, 0.717) is 55.0 Å². The molecule has 7 fully saturated rings. The molecule has 0 radical (unpaired) electrons. The Bertz CT molecular complexity index is 947. The van der Waals surface area contributed by atoms with Crippen LogP contribution in [0.1, 0.15) is 58.8 Å². The summed E-state index contributed by atoms with van der Waals surface area (Å²) >= 11 is 0. The van der Waals surface area contributed by atoms with E-state index in [1.165, 1.54) is 0 Å². The first-order valence-electron chi connectivity index (χ1n) is 12.0. The van der Waals surface area contributed by atoms with E-state index in [4.69, 9.17) is 9.47 Å². The second-order valence-electron chi connectivity index (χ2n) is 11.5. The summed E-state index contributed by atoms with van der Waals surface area (Å²) in [5.41, 5.74) is -1.57. The number of ketones is 1. The van der Waals surface area contributed by atoms with Crippen LogP contribution in [0.5, 0.6) is 0 Å². The molecule has 11 atom stereocenters. The Labute approximate surface area is 177 Å². The van der Waals surface area contributed by atoms with E-state index in [1.807, 2.05) is 0 Å². The number of hydrogen-bond donors (Lipinski definition) is 1. The molecule has 0 aromatic heterocycles. The zero-order chi connectivity index (χ0) is 20.7. The zero-order valence-corrected chi connectivity index (χ0v) is 17.8. The summed E-state index contributed by atoms with van der Waals surface area (Å²) in [6.45, 7) is 4.43. The molecule has 6 aliphatic carbocycles. The van der Waals surface area contributed by atoms with Gasteiger partial charge in [-0.15, -0.1) is 0 Å². The lowest BCUT2D eigenvalue weighted by Crippen LogP contribution is -2.64. The molecule has 7 rings (SSSR count). The Morgan fingerprint density at radius 1 is 1.23 bits per heavy atom. The molecule has 0 bridgehead atoms. The number of ether oxygens (including phenoxy) is 2. The molecule has 1 aliphatic heterocycles. The number of fused-ring (bicyclic) bond motifs is 10. The Morgan fingerprint density at radius 3 is 2.83 bits per heavy atom. The number of carbonyl (C=O) groups is 2. The van der Waals surface area contributed by atoms with Gasteiger partial charge in [0.15, 0.2) is 5.60 Å². The van der Waals surface area contributed by atoms with E-state index in [-0.39, 0.29) is 22.7 Å². The van der Waals surface area contributed by atoms with Gasteiger partial charge < -0.3 is 14.6 Å². The predicted molar refractivity (Wildman–Crippen MR) is 106 cm³/mol. The number of hydrogen-bond acceptors (Lipinski definition) is 5. The average Bonchev–Trinajstić information content (AvgIpc) is 3.59. The second kappa shape index (κ2) is 5.15. The van der Waals surface area contributed by atoms with Crippen molar-refractivity contribution in [2.45, 2.75) is 75.6 Å². The van der Waals surface area contributed by atoms with Gasteiger partial charge >= 0.3 is 5.97 Å². The molecule has 11 unspecified atom stereocenters. The summed E-state index contributed by atoms with van der Waals surface area (Å²) in [4.78, 5) is 24.2. The van der Waals surface area contributed by atoms with Crippen LogP contribution in [-0.2, 0) is 19.1 Å². The first kappa shape index (κ1) is 18.2. The fraction of sp³-hybridized carbons (Fsp3) is 0.840. The minimum Gasteiger partial charge on any atom is -0.456 e. The van der Waals surface area contributed by atoms with E-state index in [2.05, 4.69) is 18.8 Å². The minimum atomic E-state index is -0.800. The number of carbonyl (C=O) groups excluding carboxylic acids is 2. The van der Waals surface area contributed by atoms with Gasteiger partial charge in [-0.2, -0.15) is 0 Å². The molecule has 1 N–H and O–H groups in total. The van der Waals surface area contributed by atoms with E-state index < -0.39 is 17.2 Å². The van der Waals surface area contributed by atoms with Crippen LogP contribution in [-0.4, -0.2) is 40.3 Å². The predicted octanol–water partition coefficient (Wildman–Crippen LogP) is 2.49. The van der Waals surface area contributed by atoms with Crippen molar-refractivity contribution in [3.8, 4) is 11.8 Å². The van der Waals surface area contributed by atoms with Crippen molar-refractivity contribution in [2.24, 2.45) is 46.8 Å². The molecule has 160 valence electrons. The van der Waals surface area contributed by atoms with Crippen LogP contribution in [0.2, 0.25) is 0 Å². The molecule has 1 heterocycles. The third-order valence-electron chi connectivity index (χ3n) is 10.8. The molecule has 0 aromatic rings. The lowest BCUT2D eigenvalue weighted by atomic mass is 9.44. The van der Waals surface area contributed by atoms with Crippen molar-refractivity contribution < 1.29 is 24.2 Å². The van der Waals surface area contributed by atoms with Gasteiger partial charge in [0.25, 0.3) is 0 Å². The fourth-order valence-corrected chi connectivity index (χ4v) is 9.50. The van der Waals surface area contributed by atoms with Crippen LogP contribution in [0.25, 0.3) is 0 Å². The van der Waals surface area contributed by atoms with Crippen molar-refractivity contribution in [3.05, 3.63) is 0 Å². The topological polar surface area (TPSA) is 76.1 Å². The second-order valence-corrected chi connectivity index (χ2v) is 11.5. The molecule has 30 heavy (non-hydrogen) atoms. The van der Waals surface area contributed by atoms with Gasteiger partial charge in [-0.1, -0.05) is 12.8 Å². The van der Waals surface area contributed by atoms with Crippen LogP contribution in [0, 0.1) is 58.7 Å². The van der Waals surface area contributed by atoms with Crippen LogP contribution >= 0.6 is 0 Å². The highest BCUT2D eigenvalue weighted by atomic mass is 16.6. The molecular formula is C25H30O5. The lowest BCUT2D eigenvalue weighted by Gasteiger charge is -2.61. The molecule has 6 saturated carbocycles. The van der Waals surface area contributed by atoms with Crippen molar-refractivity contribution in [3.63, 3.8) is 0 Å². The number of esters is 1. The summed E-state index contributed by atoms with van der Waals surface area (Å²) < 4.78 is 11.6. The van der Waals surface area contributed by atoms with Gasteiger partial charge in [0.05, 0.1) is 12.2 Å². The Balaban J connectivity index is 1.25. The molecule has 0 amide bonds. The standard InChI is InChI=1S/C25H30O5/c1-3-29-19(27)6-9-24-18-11-15(18)21-20-14-10-17(14)23(28)12-13(26)4-7-22(23,2)16(20)5-8-25(21,24)30-24/h14-18,20-21,28H,3-5,7-8,10-12H2,1-2H3. The maximum atomic E-state index is 12.3. The van der Waals surface area contributed by atoms with Crippen molar-refractivity contribution >= 4 is 11.8 Å². The van der Waals surface area contributed by atoms with E-state index in [1.54, 1.807) is 6.92 Å². The highest BCUT2D eigenvalue weighted by Gasteiger charge is 2.91. The van der Waals surface area contributed by atoms with Gasteiger partial charge in [0, 0.05) is 30.1 Å². The highest BCUT2D eigenvalue weighted by Crippen LogP contribution is 2.85. The smallest absolute Gasteiger partial charge is 0.384 e.